The SMILES string of the molecule is COCC(O)CN(C)C(=O)C=Cc1c(C)nn(C)c1C. The molecule has 0 aliphatic carbocycles. The van der Waals surface area contributed by atoms with Gasteiger partial charge in [-0.15, -0.1) is 0 Å². The topological polar surface area (TPSA) is 67.6 Å². The summed E-state index contributed by atoms with van der Waals surface area (Å²) in [5.41, 5.74) is 2.84. The minimum atomic E-state index is -0.677. The van der Waals surface area contributed by atoms with E-state index in [1.54, 1.807) is 17.8 Å². The number of methoxy groups -OCH3 is 1. The number of hydrogen-bond acceptors (Lipinski definition) is 4. The fourth-order valence-corrected chi connectivity index (χ4v) is 1.96. The molecule has 0 aliphatic heterocycles. The van der Waals surface area contributed by atoms with Crippen molar-refractivity contribution in [3.8, 4) is 0 Å². The predicted octanol–water partition coefficient (Wildman–Crippen LogP) is 0.516. The number of aryl methyl sites for hydroxylation is 2. The van der Waals surface area contributed by atoms with E-state index in [0.717, 1.165) is 17.0 Å². The molecule has 6 heteroatoms. The van der Waals surface area contributed by atoms with Gasteiger partial charge in [0.1, 0.15) is 0 Å². The summed E-state index contributed by atoms with van der Waals surface area (Å²) >= 11 is 0. The molecule has 1 N–H and O–H groups in total. The summed E-state index contributed by atoms with van der Waals surface area (Å²) in [6.07, 6.45) is 2.58. The Morgan fingerprint density at radius 2 is 2.20 bits per heavy atom. The Kier molecular flexibility index (Phi) is 5.91. The maximum Gasteiger partial charge on any atom is 0.246 e. The highest BCUT2D eigenvalue weighted by atomic mass is 16.5. The second-order valence-corrected chi connectivity index (χ2v) is 4.87. The van der Waals surface area contributed by atoms with Gasteiger partial charge in [0.15, 0.2) is 0 Å². The second kappa shape index (κ2) is 7.21. The lowest BCUT2D eigenvalue weighted by Crippen LogP contribution is -2.35. The molecule has 1 rings (SSSR count). The lowest BCUT2D eigenvalue weighted by molar-refractivity contribution is -0.126. The van der Waals surface area contributed by atoms with E-state index < -0.39 is 6.10 Å². The first kappa shape index (κ1) is 16.4. The average molecular weight is 281 g/mol. The van der Waals surface area contributed by atoms with Crippen LogP contribution in [0.1, 0.15) is 17.0 Å². The Morgan fingerprint density at radius 1 is 1.55 bits per heavy atom. The molecule has 1 heterocycles. The molecule has 0 aliphatic rings. The van der Waals surface area contributed by atoms with Gasteiger partial charge in [-0.05, 0) is 19.9 Å². The van der Waals surface area contributed by atoms with Crippen LogP contribution >= 0.6 is 0 Å². The third-order valence-corrected chi connectivity index (χ3v) is 3.18. The smallest absolute Gasteiger partial charge is 0.246 e. The van der Waals surface area contributed by atoms with Crippen LogP contribution in [-0.2, 0) is 16.6 Å². The number of nitrogens with zero attached hydrogens (tertiary/aromatic N) is 3. The van der Waals surface area contributed by atoms with E-state index >= 15 is 0 Å². The van der Waals surface area contributed by atoms with Gasteiger partial charge >= 0.3 is 0 Å². The molecule has 0 saturated heterocycles. The van der Waals surface area contributed by atoms with Crippen LogP contribution in [0.2, 0.25) is 0 Å². The van der Waals surface area contributed by atoms with E-state index in [1.807, 2.05) is 20.9 Å². The van der Waals surface area contributed by atoms with Gasteiger partial charge in [0.05, 0.1) is 18.4 Å². The number of rotatable bonds is 6. The third kappa shape index (κ3) is 4.18. The summed E-state index contributed by atoms with van der Waals surface area (Å²) in [5, 5.41) is 13.9. The lowest BCUT2D eigenvalue weighted by atomic mass is 10.2. The standard InChI is InChI=1S/C14H23N3O3/c1-10-13(11(2)17(4)15-10)6-7-14(19)16(3)8-12(18)9-20-5/h6-7,12,18H,8-9H2,1-5H3. The van der Waals surface area contributed by atoms with E-state index in [2.05, 4.69) is 5.10 Å². The van der Waals surface area contributed by atoms with Crippen molar-refractivity contribution in [1.29, 1.82) is 0 Å². The Hall–Kier alpha value is -1.66. The highest BCUT2D eigenvalue weighted by molar-refractivity contribution is 5.91. The van der Waals surface area contributed by atoms with Gasteiger partial charge in [-0.1, -0.05) is 0 Å². The molecular weight excluding hydrogens is 258 g/mol. The van der Waals surface area contributed by atoms with Gasteiger partial charge in [-0.3, -0.25) is 9.48 Å². The first-order valence-electron chi connectivity index (χ1n) is 6.47. The van der Waals surface area contributed by atoms with Crippen LogP contribution in [0.5, 0.6) is 0 Å². The number of carbonyl (C=O) groups is 1. The lowest BCUT2D eigenvalue weighted by Gasteiger charge is -2.18. The minimum Gasteiger partial charge on any atom is -0.389 e. The number of carbonyl (C=O) groups excluding carboxylic acids is 1. The largest absolute Gasteiger partial charge is 0.389 e. The molecule has 1 amide bonds. The summed E-state index contributed by atoms with van der Waals surface area (Å²) in [4.78, 5) is 13.4. The highest BCUT2D eigenvalue weighted by Gasteiger charge is 2.12. The first-order valence-corrected chi connectivity index (χ1v) is 6.47. The minimum absolute atomic E-state index is 0.164. The molecule has 1 atom stereocenters. The summed E-state index contributed by atoms with van der Waals surface area (Å²) in [5.74, 6) is -0.164. The second-order valence-electron chi connectivity index (χ2n) is 4.87. The van der Waals surface area contributed by atoms with Crippen molar-refractivity contribution >= 4 is 12.0 Å². The molecule has 0 spiro atoms. The average Bonchev–Trinajstić information content (AvgIpc) is 2.61. The summed E-state index contributed by atoms with van der Waals surface area (Å²) in [6, 6.07) is 0. The van der Waals surface area contributed by atoms with Crippen molar-refractivity contribution in [2.75, 3.05) is 27.3 Å². The molecule has 0 bridgehead atoms. The van der Waals surface area contributed by atoms with Crippen LogP contribution in [0.15, 0.2) is 6.08 Å². The Bertz CT molecular complexity index is 494. The molecule has 0 saturated carbocycles. The third-order valence-electron chi connectivity index (χ3n) is 3.18. The number of amides is 1. The molecule has 0 aromatic carbocycles. The zero-order valence-corrected chi connectivity index (χ0v) is 12.8. The van der Waals surface area contributed by atoms with Crippen molar-refractivity contribution in [2.24, 2.45) is 7.05 Å². The van der Waals surface area contributed by atoms with Crippen LogP contribution in [0.4, 0.5) is 0 Å². The molecule has 1 aromatic rings. The highest BCUT2D eigenvalue weighted by Crippen LogP contribution is 2.13. The van der Waals surface area contributed by atoms with Gasteiger partial charge in [-0.2, -0.15) is 5.10 Å². The zero-order valence-electron chi connectivity index (χ0n) is 12.8. The van der Waals surface area contributed by atoms with Crippen molar-refractivity contribution in [2.45, 2.75) is 20.0 Å². The van der Waals surface area contributed by atoms with E-state index in [4.69, 9.17) is 4.74 Å². The Balaban J connectivity index is 2.67. The number of aliphatic hydroxyl groups is 1. The number of ether oxygens (including phenoxy) is 1. The van der Waals surface area contributed by atoms with Crippen molar-refractivity contribution in [3.05, 3.63) is 23.0 Å². The van der Waals surface area contributed by atoms with Crippen molar-refractivity contribution in [1.82, 2.24) is 14.7 Å². The zero-order chi connectivity index (χ0) is 15.3. The molecule has 6 nitrogen and oxygen atoms in total. The molecule has 0 radical (unpaired) electrons. The maximum absolute atomic E-state index is 11.9. The van der Waals surface area contributed by atoms with Crippen LogP contribution in [0.3, 0.4) is 0 Å². The summed E-state index contributed by atoms with van der Waals surface area (Å²) in [6.45, 7) is 4.31. The van der Waals surface area contributed by atoms with E-state index in [-0.39, 0.29) is 19.1 Å². The Morgan fingerprint density at radius 3 is 2.70 bits per heavy atom. The summed E-state index contributed by atoms with van der Waals surface area (Å²) in [7, 11) is 5.03. The van der Waals surface area contributed by atoms with Gasteiger partial charge in [0.2, 0.25) is 5.91 Å². The fourth-order valence-electron chi connectivity index (χ4n) is 1.96. The number of aromatic nitrogens is 2. The van der Waals surface area contributed by atoms with E-state index in [0.29, 0.717) is 0 Å². The van der Waals surface area contributed by atoms with Gasteiger partial charge in [-0.25, -0.2) is 0 Å². The number of hydrogen-bond donors (Lipinski definition) is 1. The fraction of sp³-hybridized carbons (Fsp3) is 0.571. The molecule has 1 aromatic heterocycles. The molecular formula is C14H23N3O3. The molecule has 1 unspecified atom stereocenters. The quantitative estimate of drug-likeness (QED) is 0.772. The maximum atomic E-state index is 11.9. The van der Waals surface area contributed by atoms with Gasteiger partial charge in [0, 0.05) is 45.1 Å². The normalized spacial score (nSPS) is 12.9. The number of likely N-dealkylation sites (N-methyl/N-ethyl adjacent to an activating group) is 1. The van der Waals surface area contributed by atoms with Crippen LogP contribution < -0.4 is 0 Å². The monoisotopic (exact) mass is 281 g/mol. The molecule has 112 valence electrons. The van der Waals surface area contributed by atoms with E-state index in [9.17, 15) is 9.90 Å². The molecule has 0 fully saturated rings. The van der Waals surface area contributed by atoms with Gasteiger partial charge in [0.25, 0.3) is 0 Å². The van der Waals surface area contributed by atoms with Crippen molar-refractivity contribution < 1.29 is 14.6 Å². The van der Waals surface area contributed by atoms with Crippen LogP contribution in [-0.4, -0.2) is 59.1 Å². The summed E-state index contributed by atoms with van der Waals surface area (Å²) < 4.78 is 6.61. The Labute approximate surface area is 119 Å². The van der Waals surface area contributed by atoms with Crippen molar-refractivity contribution in [3.63, 3.8) is 0 Å². The first-order chi connectivity index (χ1) is 9.36. The van der Waals surface area contributed by atoms with E-state index in [1.165, 1.54) is 18.1 Å². The van der Waals surface area contributed by atoms with Crippen LogP contribution in [0, 0.1) is 13.8 Å². The van der Waals surface area contributed by atoms with Gasteiger partial charge < -0.3 is 14.7 Å². The molecule has 20 heavy (non-hydrogen) atoms. The number of aliphatic hydroxyl groups excluding tert-OH is 1. The predicted molar refractivity (Wildman–Crippen MR) is 77.2 cm³/mol. The van der Waals surface area contributed by atoms with Crippen LogP contribution in [0.25, 0.3) is 6.08 Å².